The summed E-state index contributed by atoms with van der Waals surface area (Å²) in [6, 6.07) is 12.6. The lowest BCUT2D eigenvalue weighted by atomic mass is 10.1. The molecule has 2 aromatic carbocycles. The molecule has 0 aliphatic heterocycles. The molecule has 21 heavy (non-hydrogen) atoms. The van der Waals surface area contributed by atoms with Gasteiger partial charge in [-0.3, -0.25) is 4.79 Å². The van der Waals surface area contributed by atoms with E-state index >= 15 is 0 Å². The molecule has 2 aromatic rings. The molecule has 0 aromatic heterocycles. The summed E-state index contributed by atoms with van der Waals surface area (Å²) in [5.41, 5.74) is 1.39. The highest BCUT2D eigenvalue weighted by Crippen LogP contribution is 2.17. The first-order chi connectivity index (χ1) is 10.1. The van der Waals surface area contributed by atoms with Crippen molar-refractivity contribution < 1.29 is 19.0 Å². The molecule has 0 aliphatic carbocycles. The van der Waals surface area contributed by atoms with Gasteiger partial charge in [-0.05, 0) is 41.5 Å². The van der Waals surface area contributed by atoms with Crippen LogP contribution in [-0.2, 0) is 17.8 Å². The monoisotopic (exact) mass is 285 g/mol. The summed E-state index contributed by atoms with van der Waals surface area (Å²) in [5, 5.41) is 17.5. The number of carboxylic acid groups (broad SMARTS) is 1. The quantitative estimate of drug-likeness (QED) is 0.917. The zero-order valence-corrected chi connectivity index (χ0v) is 11.0. The second kappa shape index (κ2) is 6.53. The SMILES string of the molecule is N#Cc1cc(F)cc(COc2cccc(CC(=O)O)c2)c1. The molecule has 5 heteroatoms. The Morgan fingerprint density at radius 1 is 1.24 bits per heavy atom. The maximum atomic E-state index is 13.3. The van der Waals surface area contributed by atoms with Crippen LogP contribution < -0.4 is 4.74 Å². The standard InChI is InChI=1S/C16H12FNO3/c17-14-5-12(9-18)4-13(6-14)10-21-15-3-1-2-11(7-15)8-16(19)20/h1-7H,8,10H2,(H,19,20). The third-order valence-electron chi connectivity index (χ3n) is 2.75. The molecule has 0 saturated heterocycles. The molecule has 106 valence electrons. The third-order valence-corrected chi connectivity index (χ3v) is 2.75. The number of nitriles is 1. The van der Waals surface area contributed by atoms with Crippen LogP contribution in [0.5, 0.6) is 5.75 Å². The van der Waals surface area contributed by atoms with Crippen molar-refractivity contribution in [2.45, 2.75) is 13.0 Å². The van der Waals surface area contributed by atoms with Gasteiger partial charge in [0.1, 0.15) is 18.2 Å². The van der Waals surface area contributed by atoms with E-state index in [4.69, 9.17) is 15.1 Å². The van der Waals surface area contributed by atoms with Gasteiger partial charge in [0.15, 0.2) is 0 Å². The minimum atomic E-state index is -0.920. The number of rotatable bonds is 5. The number of aliphatic carboxylic acids is 1. The fourth-order valence-corrected chi connectivity index (χ4v) is 1.88. The molecule has 0 fully saturated rings. The smallest absolute Gasteiger partial charge is 0.307 e. The predicted molar refractivity (Wildman–Crippen MR) is 73.2 cm³/mol. The molecule has 0 bridgehead atoms. The van der Waals surface area contributed by atoms with Crippen molar-refractivity contribution in [3.63, 3.8) is 0 Å². The molecule has 0 radical (unpaired) electrons. The first-order valence-electron chi connectivity index (χ1n) is 6.20. The lowest BCUT2D eigenvalue weighted by molar-refractivity contribution is -0.136. The summed E-state index contributed by atoms with van der Waals surface area (Å²) >= 11 is 0. The van der Waals surface area contributed by atoms with E-state index in [0.29, 0.717) is 16.9 Å². The number of nitrogens with zero attached hydrogens (tertiary/aromatic N) is 1. The Morgan fingerprint density at radius 3 is 2.76 bits per heavy atom. The number of ether oxygens (including phenoxy) is 1. The van der Waals surface area contributed by atoms with Crippen LogP contribution in [0.25, 0.3) is 0 Å². The van der Waals surface area contributed by atoms with Crippen LogP contribution in [0.2, 0.25) is 0 Å². The molecular weight excluding hydrogens is 273 g/mol. The van der Waals surface area contributed by atoms with Gasteiger partial charge in [0, 0.05) is 0 Å². The number of carbonyl (C=O) groups is 1. The lowest BCUT2D eigenvalue weighted by Gasteiger charge is -2.08. The van der Waals surface area contributed by atoms with Crippen molar-refractivity contribution in [3.8, 4) is 11.8 Å². The van der Waals surface area contributed by atoms with E-state index in [1.54, 1.807) is 30.3 Å². The maximum Gasteiger partial charge on any atom is 0.307 e. The van der Waals surface area contributed by atoms with Crippen LogP contribution in [0.1, 0.15) is 16.7 Å². The molecular formula is C16H12FNO3. The van der Waals surface area contributed by atoms with E-state index in [0.717, 1.165) is 6.07 Å². The number of carboxylic acids is 1. The molecule has 4 nitrogen and oxygen atoms in total. The third kappa shape index (κ3) is 4.32. The molecule has 0 aliphatic rings. The fraction of sp³-hybridized carbons (Fsp3) is 0.125. The largest absolute Gasteiger partial charge is 0.489 e. The van der Waals surface area contributed by atoms with Crippen LogP contribution >= 0.6 is 0 Å². The van der Waals surface area contributed by atoms with Gasteiger partial charge in [-0.15, -0.1) is 0 Å². The maximum absolute atomic E-state index is 13.3. The molecule has 0 heterocycles. The summed E-state index contributed by atoms with van der Waals surface area (Å²) < 4.78 is 18.8. The summed E-state index contributed by atoms with van der Waals surface area (Å²) in [5.74, 6) is -0.917. The second-order valence-electron chi connectivity index (χ2n) is 4.47. The van der Waals surface area contributed by atoms with Crippen molar-refractivity contribution in [2.75, 3.05) is 0 Å². The van der Waals surface area contributed by atoms with Crippen LogP contribution in [-0.4, -0.2) is 11.1 Å². The molecule has 0 unspecified atom stereocenters. The predicted octanol–water partition coefficient (Wildman–Crippen LogP) is 2.90. The van der Waals surface area contributed by atoms with Crippen molar-refractivity contribution in [2.24, 2.45) is 0 Å². The molecule has 1 N–H and O–H groups in total. The Bertz CT molecular complexity index is 707. The number of hydrogen-bond acceptors (Lipinski definition) is 3. The van der Waals surface area contributed by atoms with E-state index < -0.39 is 11.8 Å². The van der Waals surface area contributed by atoms with Crippen LogP contribution in [0.3, 0.4) is 0 Å². The van der Waals surface area contributed by atoms with E-state index in [-0.39, 0.29) is 18.6 Å². The molecule has 0 spiro atoms. The first kappa shape index (κ1) is 14.5. The van der Waals surface area contributed by atoms with Gasteiger partial charge in [-0.1, -0.05) is 12.1 Å². The summed E-state index contributed by atoms with van der Waals surface area (Å²) in [4.78, 5) is 10.7. The molecule has 2 rings (SSSR count). The van der Waals surface area contributed by atoms with Gasteiger partial charge >= 0.3 is 5.97 Å². The summed E-state index contributed by atoms with van der Waals surface area (Å²) in [7, 11) is 0. The number of benzene rings is 2. The molecule has 0 atom stereocenters. The van der Waals surface area contributed by atoms with E-state index in [1.807, 2.05) is 6.07 Å². The highest BCUT2D eigenvalue weighted by Gasteiger charge is 2.04. The summed E-state index contributed by atoms with van der Waals surface area (Å²) in [6.45, 7) is 0.100. The van der Waals surface area contributed by atoms with Gasteiger partial charge in [-0.25, -0.2) is 4.39 Å². The van der Waals surface area contributed by atoms with E-state index in [1.165, 1.54) is 6.07 Å². The Morgan fingerprint density at radius 2 is 2.05 bits per heavy atom. The van der Waals surface area contributed by atoms with Gasteiger partial charge in [0.05, 0.1) is 18.1 Å². The topological polar surface area (TPSA) is 70.3 Å². The minimum absolute atomic E-state index is 0.0876. The van der Waals surface area contributed by atoms with Crippen LogP contribution in [0.15, 0.2) is 42.5 Å². The van der Waals surface area contributed by atoms with Crippen molar-refractivity contribution in [1.82, 2.24) is 0 Å². The van der Waals surface area contributed by atoms with E-state index in [2.05, 4.69) is 0 Å². The van der Waals surface area contributed by atoms with Gasteiger partial charge in [-0.2, -0.15) is 5.26 Å². The molecule has 0 amide bonds. The van der Waals surface area contributed by atoms with Crippen LogP contribution in [0.4, 0.5) is 4.39 Å². The Labute approximate surface area is 121 Å². The van der Waals surface area contributed by atoms with Crippen molar-refractivity contribution in [1.29, 1.82) is 5.26 Å². The van der Waals surface area contributed by atoms with Crippen molar-refractivity contribution >= 4 is 5.97 Å². The number of halogens is 1. The highest BCUT2D eigenvalue weighted by molar-refractivity contribution is 5.70. The zero-order chi connectivity index (χ0) is 15.2. The minimum Gasteiger partial charge on any atom is -0.489 e. The highest BCUT2D eigenvalue weighted by atomic mass is 19.1. The second-order valence-corrected chi connectivity index (χ2v) is 4.47. The fourth-order valence-electron chi connectivity index (χ4n) is 1.88. The van der Waals surface area contributed by atoms with Gasteiger partial charge < -0.3 is 9.84 Å². The van der Waals surface area contributed by atoms with Crippen molar-refractivity contribution in [3.05, 3.63) is 65.0 Å². The van der Waals surface area contributed by atoms with Gasteiger partial charge in [0.2, 0.25) is 0 Å². The summed E-state index contributed by atoms with van der Waals surface area (Å²) in [6.07, 6.45) is -0.0876. The Balaban J connectivity index is 2.08. The van der Waals surface area contributed by atoms with Gasteiger partial charge in [0.25, 0.3) is 0 Å². The first-order valence-corrected chi connectivity index (χ1v) is 6.20. The number of hydrogen-bond donors (Lipinski definition) is 1. The molecule has 0 saturated carbocycles. The average molecular weight is 285 g/mol. The average Bonchev–Trinajstić information content (AvgIpc) is 2.44. The van der Waals surface area contributed by atoms with Crippen LogP contribution in [0, 0.1) is 17.1 Å². The normalized spacial score (nSPS) is 9.90. The Kier molecular flexibility index (Phi) is 4.52. The Hall–Kier alpha value is -2.87. The van der Waals surface area contributed by atoms with E-state index in [9.17, 15) is 9.18 Å². The lowest BCUT2D eigenvalue weighted by Crippen LogP contribution is -2.01. The zero-order valence-electron chi connectivity index (χ0n) is 11.0.